The average molecular weight is 342 g/mol. The van der Waals surface area contributed by atoms with Gasteiger partial charge in [0, 0.05) is 15.6 Å². The normalized spacial score (nSPS) is 10.6. The fourth-order valence-electron chi connectivity index (χ4n) is 1.90. The van der Waals surface area contributed by atoms with E-state index in [1.165, 1.54) is 0 Å². The highest BCUT2D eigenvalue weighted by atomic mass is 79.9. The molecule has 0 spiro atoms. The number of carbonyl (C=O) groups is 1. The topological polar surface area (TPSA) is 17.1 Å². The van der Waals surface area contributed by atoms with Gasteiger partial charge in [0.1, 0.15) is 5.82 Å². The third-order valence-electron chi connectivity index (χ3n) is 2.87. The van der Waals surface area contributed by atoms with Crippen molar-refractivity contribution < 1.29 is 9.18 Å². The van der Waals surface area contributed by atoms with Crippen molar-refractivity contribution in [1.82, 2.24) is 0 Å². The van der Waals surface area contributed by atoms with Gasteiger partial charge in [-0.05, 0) is 55.3 Å². The molecule has 19 heavy (non-hydrogen) atoms. The second-order valence-electron chi connectivity index (χ2n) is 4.38. The minimum Gasteiger partial charge on any atom is -0.289 e. The molecule has 0 aliphatic heterocycles. The van der Waals surface area contributed by atoms with Gasteiger partial charge < -0.3 is 0 Å². The molecule has 0 heterocycles. The number of aryl methyl sites for hydroxylation is 2. The van der Waals surface area contributed by atoms with E-state index in [9.17, 15) is 9.18 Å². The number of hydrogen-bond donors (Lipinski definition) is 0. The monoisotopic (exact) mass is 340 g/mol. The maximum atomic E-state index is 13.6. The fourth-order valence-corrected chi connectivity index (χ4v) is 2.47. The van der Waals surface area contributed by atoms with Crippen LogP contribution >= 0.6 is 27.5 Å². The largest absolute Gasteiger partial charge is 0.289 e. The molecule has 0 saturated carbocycles. The van der Waals surface area contributed by atoms with Crippen LogP contribution in [0.2, 0.25) is 5.02 Å². The number of halogens is 3. The van der Waals surface area contributed by atoms with Crippen LogP contribution in [-0.4, -0.2) is 5.78 Å². The summed E-state index contributed by atoms with van der Waals surface area (Å²) in [5, 5.41) is 0.382. The predicted octanol–water partition coefficient (Wildman–Crippen LogP) is 5.09. The van der Waals surface area contributed by atoms with E-state index in [0.29, 0.717) is 27.3 Å². The van der Waals surface area contributed by atoms with Crippen LogP contribution in [0, 0.1) is 19.7 Å². The molecule has 0 amide bonds. The van der Waals surface area contributed by atoms with E-state index in [1.807, 2.05) is 0 Å². The SMILES string of the molecule is Cc1cc(C(=O)c2cc(Br)ccc2Cl)cc(C)c1F. The van der Waals surface area contributed by atoms with Gasteiger partial charge in [-0.2, -0.15) is 0 Å². The van der Waals surface area contributed by atoms with Crippen molar-refractivity contribution >= 4 is 33.3 Å². The standard InChI is InChI=1S/C15H11BrClFO/c1-8-5-10(6-9(2)14(8)18)15(19)12-7-11(16)3-4-13(12)17/h3-7H,1-2H3. The highest BCUT2D eigenvalue weighted by Crippen LogP contribution is 2.25. The van der Waals surface area contributed by atoms with Crippen molar-refractivity contribution in [3.05, 3.63) is 67.9 Å². The summed E-state index contributed by atoms with van der Waals surface area (Å²) in [5.74, 6) is -0.491. The van der Waals surface area contributed by atoms with Crippen LogP contribution in [0.1, 0.15) is 27.0 Å². The summed E-state index contributed by atoms with van der Waals surface area (Å²) >= 11 is 9.34. The van der Waals surface area contributed by atoms with Gasteiger partial charge in [0.15, 0.2) is 5.78 Å². The molecule has 0 bridgehead atoms. The van der Waals surface area contributed by atoms with Crippen molar-refractivity contribution in [2.75, 3.05) is 0 Å². The lowest BCUT2D eigenvalue weighted by Crippen LogP contribution is -2.04. The van der Waals surface area contributed by atoms with Crippen LogP contribution in [0.3, 0.4) is 0 Å². The first-order valence-corrected chi connectivity index (χ1v) is 6.83. The Balaban J connectivity index is 2.53. The van der Waals surface area contributed by atoms with Crippen LogP contribution in [0.5, 0.6) is 0 Å². The lowest BCUT2D eigenvalue weighted by atomic mass is 9.99. The number of carbonyl (C=O) groups excluding carboxylic acids is 1. The molecule has 2 aromatic carbocycles. The van der Waals surface area contributed by atoms with E-state index in [-0.39, 0.29) is 11.6 Å². The maximum Gasteiger partial charge on any atom is 0.194 e. The molecule has 0 aliphatic rings. The van der Waals surface area contributed by atoms with Gasteiger partial charge in [0.2, 0.25) is 0 Å². The summed E-state index contributed by atoms with van der Waals surface area (Å²) in [6.45, 7) is 3.28. The van der Waals surface area contributed by atoms with E-state index >= 15 is 0 Å². The summed E-state index contributed by atoms with van der Waals surface area (Å²) in [5.41, 5.74) is 1.75. The minimum atomic E-state index is -0.281. The van der Waals surface area contributed by atoms with E-state index < -0.39 is 0 Å². The molecular formula is C15H11BrClFO. The molecule has 2 aromatic rings. The first-order valence-electron chi connectivity index (χ1n) is 5.66. The molecule has 4 heteroatoms. The second-order valence-corrected chi connectivity index (χ2v) is 5.70. The van der Waals surface area contributed by atoms with Crippen LogP contribution < -0.4 is 0 Å². The highest BCUT2D eigenvalue weighted by molar-refractivity contribution is 9.10. The average Bonchev–Trinajstić information content (AvgIpc) is 2.37. The highest BCUT2D eigenvalue weighted by Gasteiger charge is 2.15. The first kappa shape index (κ1) is 14.2. The molecule has 0 saturated heterocycles. The summed E-state index contributed by atoms with van der Waals surface area (Å²) in [4.78, 5) is 12.4. The summed E-state index contributed by atoms with van der Waals surface area (Å²) in [7, 11) is 0. The van der Waals surface area contributed by atoms with Gasteiger partial charge in [-0.1, -0.05) is 27.5 Å². The van der Waals surface area contributed by atoms with Crippen LogP contribution in [0.15, 0.2) is 34.8 Å². The first-order chi connectivity index (χ1) is 8.90. The van der Waals surface area contributed by atoms with Crippen molar-refractivity contribution in [2.24, 2.45) is 0 Å². The number of rotatable bonds is 2. The van der Waals surface area contributed by atoms with Crippen molar-refractivity contribution in [2.45, 2.75) is 13.8 Å². The molecule has 0 N–H and O–H groups in total. The fraction of sp³-hybridized carbons (Fsp3) is 0.133. The van der Waals surface area contributed by atoms with Crippen LogP contribution in [-0.2, 0) is 0 Å². The van der Waals surface area contributed by atoms with E-state index in [0.717, 1.165) is 4.47 Å². The molecule has 0 aromatic heterocycles. The van der Waals surface area contributed by atoms with Crippen molar-refractivity contribution in [1.29, 1.82) is 0 Å². The van der Waals surface area contributed by atoms with Gasteiger partial charge in [-0.3, -0.25) is 4.79 Å². The Labute approximate surface area is 124 Å². The molecule has 0 unspecified atom stereocenters. The summed E-state index contributed by atoms with van der Waals surface area (Å²) in [6, 6.07) is 8.17. The Morgan fingerprint density at radius 3 is 2.32 bits per heavy atom. The zero-order valence-corrected chi connectivity index (χ0v) is 12.8. The lowest BCUT2D eigenvalue weighted by molar-refractivity contribution is 0.103. The smallest absolute Gasteiger partial charge is 0.194 e. The Bertz CT molecular complexity index is 644. The summed E-state index contributed by atoms with van der Waals surface area (Å²) < 4.78 is 14.3. The minimum absolute atomic E-state index is 0.211. The van der Waals surface area contributed by atoms with Gasteiger partial charge in [-0.25, -0.2) is 4.39 Å². The number of ketones is 1. The van der Waals surface area contributed by atoms with E-state index in [4.69, 9.17) is 11.6 Å². The maximum absolute atomic E-state index is 13.6. The Morgan fingerprint density at radius 1 is 1.16 bits per heavy atom. The van der Waals surface area contributed by atoms with Gasteiger partial charge in [0.25, 0.3) is 0 Å². The third kappa shape index (κ3) is 2.88. The molecule has 0 radical (unpaired) electrons. The number of hydrogen-bond acceptors (Lipinski definition) is 1. The molecule has 0 aliphatic carbocycles. The zero-order valence-electron chi connectivity index (χ0n) is 10.4. The molecular weight excluding hydrogens is 331 g/mol. The van der Waals surface area contributed by atoms with Gasteiger partial charge in [-0.15, -0.1) is 0 Å². The van der Waals surface area contributed by atoms with Crippen LogP contribution in [0.25, 0.3) is 0 Å². The molecule has 2 rings (SSSR count). The van der Waals surface area contributed by atoms with Crippen molar-refractivity contribution in [3.8, 4) is 0 Å². The third-order valence-corrected chi connectivity index (χ3v) is 3.69. The molecule has 0 atom stereocenters. The van der Waals surface area contributed by atoms with Crippen molar-refractivity contribution in [3.63, 3.8) is 0 Å². The quantitative estimate of drug-likeness (QED) is 0.695. The molecule has 98 valence electrons. The Hall–Kier alpha value is -1.19. The van der Waals surface area contributed by atoms with Gasteiger partial charge >= 0.3 is 0 Å². The Kier molecular flexibility index (Phi) is 4.07. The zero-order chi connectivity index (χ0) is 14.2. The predicted molar refractivity (Wildman–Crippen MR) is 78.5 cm³/mol. The molecule has 1 nitrogen and oxygen atoms in total. The summed E-state index contributed by atoms with van der Waals surface area (Å²) in [6.07, 6.45) is 0. The number of benzene rings is 2. The van der Waals surface area contributed by atoms with Gasteiger partial charge in [0.05, 0.1) is 5.02 Å². The van der Waals surface area contributed by atoms with Crippen LogP contribution in [0.4, 0.5) is 4.39 Å². The van der Waals surface area contributed by atoms with E-state index in [1.54, 1.807) is 44.2 Å². The van der Waals surface area contributed by atoms with E-state index in [2.05, 4.69) is 15.9 Å². The molecule has 0 fully saturated rings. The lowest BCUT2D eigenvalue weighted by Gasteiger charge is -2.08. The second kappa shape index (κ2) is 5.43. The Morgan fingerprint density at radius 2 is 1.74 bits per heavy atom.